The lowest BCUT2D eigenvalue weighted by Gasteiger charge is -2.27. The normalized spacial score (nSPS) is 22.3. The monoisotopic (exact) mass is 394 g/mol. The molecule has 0 bridgehead atoms. The second-order valence-corrected chi connectivity index (χ2v) is 8.40. The first-order valence-electron chi connectivity index (χ1n) is 10.3. The van der Waals surface area contributed by atoms with Crippen LogP contribution >= 0.6 is 0 Å². The van der Waals surface area contributed by atoms with E-state index in [1.807, 2.05) is 19.1 Å². The standard InChI is InChI=1S/C23H27FN4O/c1-14-4-2-7-20(24)23(14)28-13-17-12-27-21(26)11-19(17)16(10-22(28)29)8-15-5-3-6-18(25)9-15/h2,4,7,11-12,15-16,25H,3,5-6,8-10,13H2,1H3,(H2,26,27)/t15-,16?/m1/s1. The van der Waals surface area contributed by atoms with Gasteiger partial charge in [-0.25, -0.2) is 9.37 Å². The molecule has 6 heteroatoms. The second-order valence-electron chi connectivity index (χ2n) is 8.40. The Balaban J connectivity index is 1.70. The van der Waals surface area contributed by atoms with Crippen LogP contribution in [0, 0.1) is 24.1 Å². The van der Waals surface area contributed by atoms with E-state index in [2.05, 4.69) is 4.98 Å². The highest BCUT2D eigenvalue weighted by Crippen LogP contribution is 2.39. The number of rotatable bonds is 3. The predicted octanol–water partition coefficient (Wildman–Crippen LogP) is 4.73. The average molecular weight is 394 g/mol. The van der Waals surface area contributed by atoms with Gasteiger partial charge in [-0.1, -0.05) is 12.1 Å². The molecular weight excluding hydrogens is 367 g/mol. The zero-order chi connectivity index (χ0) is 20.5. The predicted molar refractivity (Wildman–Crippen MR) is 113 cm³/mol. The lowest BCUT2D eigenvalue weighted by atomic mass is 9.78. The van der Waals surface area contributed by atoms with Gasteiger partial charge in [-0.05, 0) is 79.7 Å². The minimum absolute atomic E-state index is 0.00998. The van der Waals surface area contributed by atoms with E-state index in [4.69, 9.17) is 11.1 Å². The Kier molecular flexibility index (Phi) is 5.35. The molecule has 1 aliphatic carbocycles. The summed E-state index contributed by atoms with van der Waals surface area (Å²) in [4.78, 5) is 19.1. The van der Waals surface area contributed by atoms with Crippen molar-refractivity contribution in [1.82, 2.24) is 4.98 Å². The van der Waals surface area contributed by atoms with E-state index in [0.29, 0.717) is 30.4 Å². The van der Waals surface area contributed by atoms with Gasteiger partial charge in [-0.15, -0.1) is 0 Å². The minimum Gasteiger partial charge on any atom is -0.384 e. The van der Waals surface area contributed by atoms with E-state index >= 15 is 0 Å². The van der Waals surface area contributed by atoms with Crippen LogP contribution in [0.1, 0.15) is 61.1 Å². The fourth-order valence-electron chi connectivity index (χ4n) is 4.86. The van der Waals surface area contributed by atoms with Crippen LogP contribution in [0.25, 0.3) is 0 Å². The van der Waals surface area contributed by atoms with Crippen molar-refractivity contribution in [2.45, 2.75) is 57.9 Å². The molecule has 2 aliphatic rings. The number of aryl methyl sites for hydroxylation is 1. The molecule has 1 aliphatic heterocycles. The number of hydrogen-bond acceptors (Lipinski definition) is 4. The number of anilines is 2. The molecule has 4 rings (SSSR count). The van der Waals surface area contributed by atoms with Crippen molar-refractivity contribution in [2.24, 2.45) is 5.92 Å². The zero-order valence-electron chi connectivity index (χ0n) is 16.7. The number of carbonyl (C=O) groups excluding carboxylic acids is 1. The van der Waals surface area contributed by atoms with Crippen LogP contribution in [0.4, 0.5) is 15.9 Å². The number of nitrogens with zero attached hydrogens (tertiary/aromatic N) is 2. The third-order valence-corrected chi connectivity index (χ3v) is 6.24. The topological polar surface area (TPSA) is 83.1 Å². The van der Waals surface area contributed by atoms with Gasteiger partial charge < -0.3 is 16.0 Å². The van der Waals surface area contributed by atoms with Gasteiger partial charge in [0.05, 0.1) is 12.2 Å². The number of carbonyl (C=O) groups is 1. The van der Waals surface area contributed by atoms with E-state index in [1.165, 1.54) is 6.07 Å². The number of benzene rings is 1. The van der Waals surface area contributed by atoms with E-state index in [9.17, 15) is 9.18 Å². The lowest BCUT2D eigenvalue weighted by molar-refractivity contribution is -0.119. The molecule has 2 aromatic rings. The molecule has 152 valence electrons. The Labute approximate surface area is 170 Å². The quantitative estimate of drug-likeness (QED) is 0.789. The summed E-state index contributed by atoms with van der Waals surface area (Å²) in [5, 5.41) is 8.04. The number of nitrogens with two attached hydrogens (primary N) is 1. The summed E-state index contributed by atoms with van der Waals surface area (Å²) >= 11 is 0. The lowest BCUT2D eigenvalue weighted by Crippen LogP contribution is -2.31. The van der Waals surface area contributed by atoms with Gasteiger partial charge in [0.2, 0.25) is 5.91 Å². The molecule has 3 N–H and O–H groups in total. The SMILES string of the molecule is Cc1cccc(F)c1N1Cc2cnc(N)cc2C(C[C@H]2CCCC(=N)C2)CC1=O. The zero-order valence-corrected chi connectivity index (χ0v) is 16.7. The van der Waals surface area contributed by atoms with Crippen molar-refractivity contribution in [1.29, 1.82) is 5.41 Å². The van der Waals surface area contributed by atoms with Gasteiger partial charge in [-0.2, -0.15) is 0 Å². The summed E-state index contributed by atoms with van der Waals surface area (Å²) in [6.45, 7) is 2.12. The Hall–Kier alpha value is -2.76. The summed E-state index contributed by atoms with van der Waals surface area (Å²) in [6.07, 6.45) is 6.69. The highest BCUT2D eigenvalue weighted by atomic mass is 19.1. The molecule has 2 atom stereocenters. The number of para-hydroxylation sites is 1. The Morgan fingerprint density at radius 2 is 2.17 bits per heavy atom. The summed E-state index contributed by atoms with van der Waals surface area (Å²) in [5.41, 5.74) is 9.83. The van der Waals surface area contributed by atoms with Crippen LogP contribution in [0.2, 0.25) is 0 Å². The van der Waals surface area contributed by atoms with E-state index in [-0.39, 0.29) is 17.6 Å². The van der Waals surface area contributed by atoms with Crippen molar-refractivity contribution in [3.8, 4) is 0 Å². The molecule has 2 heterocycles. The van der Waals surface area contributed by atoms with Gasteiger partial charge in [0.15, 0.2) is 0 Å². The molecule has 1 unspecified atom stereocenters. The third-order valence-electron chi connectivity index (χ3n) is 6.24. The maximum atomic E-state index is 14.6. The summed E-state index contributed by atoms with van der Waals surface area (Å²) in [5.74, 6) is 0.383. The van der Waals surface area contributed by atoms with Crippen LogP contribution in [0.15, 0.2) is 30.5 Å². The van der Waals surface area contributed by atoms with Crippen molar-refractivity contribution < 1.29 is 9.18 Å². The molecule has 1 amide bonds. The molecular formula is C23H27FN4O. The van der Waals surface area contributed by atoms with Gasteiger partial charge in [0.1, 0.15) is 11.6 Å². The Morgan fingerprint density at radius 3 is 2.93 bits per heavy atom. The maximum absolute atomic E-state index is 14.6. The first-order chi connectivity index (χ1) is 13.9. The molecule has 0 spiro atoms. The van der Waals surface area contributed by atoms with Gasteiger partial charge in [0.25, 0.3) is 0 Å². The van der Waals surface area contributed by atoms with Crippen molar-refractivity contribution in [2.75, 3.05) is 10.6 Å². The number of nitrogen functional groups attached to an aromatic ring is 1. The second kappa shape index (κ2) is 7.93. The number of amides is 1. The fraction of sp³-hybridized carbons (Fsp3) is 0.435. The average Bonchev–Trinajstić information content (AvgIpc) is 2.79. The number of hydrogen-bond donors (Lipinski definition) is 2. The van der Waals surface area contributed by atoms with Crippen molar-refractivity contribution >= 4 is 23.1 Å². The van der Waals surface area contributed by atoms with E-state index in [1.54, 1.807) is 17.2 Å². The first-order valence-corrected chi connectivity index (χ1v) is 10.3. The first kappa shape index (κ1) is 19.6. The summed E-state index contributed by atoms with van der Waals surface area (Å²) in [7, 11) is 0. The van der Waals surface area contributed by atoms with Gasteiger partial charge in [-0.3, -0.25) is 4.79 Å². The van der Waals surface area contributed by atoms with E-state index in [0.717, 1.165) is 54.5 Å². The van der Waals surface area contributed by atoms with Crippen LogP contribution in [0.3, 0.4) is 0 Å². The maximum Gasteiger partial charge on any atom is 0.228 e. The minimum atomic E-state index is -0.387. The van der Waals surface area contributed by atoms with Crippen LogP contribution in [0.5, 0.6) is 0 Å². The van der Waals surface area contributed by atoms with E-state index < -0.39 is 0 Å². The number of pyridine rings is 1. The summed E-state index contributed by atoms with van der Waals surface area (Å²) in [6, 6.07) is 6.75. The van der Waals surface area contributed by atoms with Crippen molar-refractivity contribution in [3.05, 3.63) is 53.0 Å². The third kappa shape index (κ3) is 4.02. The fourth-order valence-corrected chi connectivity index (χ4v) is 4.86. The summed E-state index contributed by atoms with van der Waals surface area (Å²) < 4.78 is 14.6. The molecule has 1 saturated carbocycles. The van der Waals surface area contributed by atoms with Crippen LogP contribution < -0.4 is 10.6 Å². The number of fused-ring (bicyclic) bond motifs is 1. The molecule has 5 nitrogen and oxygen atoms in total. The Morgan fingerprint density at radius 1 is 1.34 bits per heavy atom. The van der Waals surface area contributed by atoms with Crippen molar-refractivity contribution in [3.63, 3.8) is 0 Å². The van der Waals surface area contributed by atoms with Gasteiger partial charge in [0, 0.05) is 18.3 Å². The van der Waals surface area contributed by atoms with Crippen LogP contribution in [-0.4, -0.2) is 16.6 Å². The largest absolute Gasteiger partial charge is 0.384 e. The Bertz CT molecular complexity index is 938. The number of aromatic nitrogens is 1. The molecule has 1 aromatic carbocycles. The highest BCUT2D eigenvalue weighted by Gasteiger charge is 2.33. The molecule has 0 saturated heterocycles. The molecule has 1 fully saturated rings. The highest BCUT2D eigenvalue weighted by molar-refractivity contribution is 5.95. The molecule has 29 heavy (non-hydrogen) atoms. The van der Waals surface area contributed by atoms with Gasteiger partial charge >= 0.3 is 0 Å². The number of halogens is 1. The molecule has 1 aromatic heterocycles. The van der Waals surface area contributed by atoms with Crippen LogP contribution in [-0.2, 0) is 11.3 Å². The number of nitrogens with one attached hydrogen (secondary N) is 1. The molecule has 0 radical (unpaired) electrons. The smallest absolute Gasteiger partial charge is 0.228 e.